The number of sulfonamides is 1. The summed E-state index contributed by atoms with van der Waals surface area (Å²) >= 11 is 3.33. The van der Waals surface area contributed by atoms with Gasteiger partial charge in [-0.1, -0.05) is 33.9 Å². The highest BCUT2D eigenvalue weighted by Crippen LogP contribution is 2.38. The van der Waals surface area contributed by atoms with Crippen LogP contribution in [0.2, 0.25) is 0 Å². The first-order chi connectivity index (χ1) is 14.3. The number of benzene rings is 1. The van der Waals surface area contributed by atoms with Crippen LogP contribution in [-0.4, -0.2) is 56.2 Å². The van der Waals surface area contributed by atoms with Gasteiger partial charge in [-0.2, -0.15) is 4.31 Å². The van der Waals surface area contributed by atoms with Gasteiger partial charge in [-0.05, 0) is 31.0 Å². The van der Waals surface area contributed by atoms with Gasteiger partial charge in [-0.15, -0.1) is 0 Å². The number of amides is 1. The minimum Gasteiger partial charge on any atom is -0.495 e. The molecule has 1 saturated heterocycles. The molecule has 1 aliphatic carbocycles. The van der Waals surface area contributed by atoms with Crippen molar-refractivity contribution in [1.29, 1.82) is 0 Å². The molecule has 0 atom stereocenters. The lowest BCUT2D eigenvalue weighted by Gasteiger charge is -2.36. The van der Waals surface area contributed by atoms with Crippen molar-refractivity contribution in [3.63, 3.8) is 0 Å². The van der Waals surface area contributed by atoms with Gasteiger partial charge in [0.25, 0.3) is 5.91 Å². The van der Waals surface area contributed by atoms with Crippen LogP contribution in [-0.2, 0) is 19.7 Å². The minimum absolute atomic E-state index is 0.135. The van der Waals surface area contributed by atoms with Crippen LogP contribution in [0.15, 0.2) is 32.7 Å². The fourth-order valence-corrected chi connectivity index (χ4v) is 6.51. The number of nitrogens with zero attached hydrogens (tertiary/aromatic N) is 2. The van der Waals surface area contributed by atoms with E-state index in [0.29, 0.717) is 48.3 Å². The maximum absolute atomic E-state index is 13.2. The largest absolute Gasteiger partial charge is 0.495 e. The zero-order valence-corrected chi connectivity index (χ0v) is 19.3. The topological polar surface area (TPSA) is 97.3 Å². The fraction of sp³-hybridized carbons (Fsp3) is 0.600. The molecule has 2 aliphatic heterocycles. The number of hydrogen-bond donors (Lipinski definition) is 1. The lowest BCUT2D eigenvalue weighted by molar-refractivity contribution is -0.115. The maximum Gasteiger partial charge on any atom is 0.269 e. The first kappa shape index (κ1) is 21.6. The summed E-state index contributed by atoms with van der Waals surface area (Å²) in [5, 5.41) is 7.09. The number of halogens is 1. The highest BCUT2D eigenvalue weighted by atomic mass is 79.9. The molecule has 1 aromatic rings. The van der Waals surface area contributed by atoms with E-state index in [9.17, 15) is 13.2 Å². The quantitative estimate of drug-likeness (QED) is 0.671. The molecule has 30 heavy (non-hydrogen) atoms. The van der Waals surface area contributed by atoms with Crippen LogP contribution in [0.3, 0.4) is 0 Å². The summed E-state index contributed by atoms with van der Waals surface area (Å²) in [6, 6.07) is 5.15. The van der Waals surface area contributed by atoms with Gasteiger partial charge < -0.3 is 14.9 Å². The molecule has 0 bridgehead atoms. The molecule has 1 saturated carbocycles. The van der Waals surface area contributed by atoms with Crippen molar-refractivity contribution >= 4 is 37.6 Å². The lowest BCUT2D eigenvalue weighted by Crippen LogP contribution is -2.47. The average molecular weight is 500 g/mol. The van der Waals surface area contributed by atoms with Gasteiger partial charge in [-0.3, -0.25) is 4.79 Å². The minimum atomic E-state index is -3.71. The number of nitrogens with one attached hydrogen (secondary N) is 1. The Balaban J connectivity index is 1.39. The van der Waals surface area contributed by atoms with E-state index in [0.717, 1.165) is 25.7 Å². The number of oxime groups is 1. The second-order valence-corrected chi connectivity index (χ2v) is 11.0. The molecule has 0 aromatic heterocycles. The van der Waals surface area contributed by atoms with E-state index in [1.54, 1.807) is 18.2 Å². The second kappa shape index (κ2) is 8.47. The van der Waals surface area contributed by atoms with Crippen molar-refractivity contribution in [3.05, 3.63) is 22.7 Å². The summed E-state index contributed by atoms with van der Waals surface area (Å²) in [7, 11) is -2.26. The van der Waals surface area contributed by atoms with Crippen molar-refractivity contribution < 1.29 is 22.8 Å². The smallest absolute Gasteiger partial charge is 0.269 e. The van der Waals surface area contributed by atoms with E-state index < -0.39 is 15.6 Å². The highest BCUT2D eigenvalue weighted by Gasteiger charge is 2.46. The molecule has 4 rings (SSSR count). The number of hydrogen-bond acceptors (Lipinski definition) is 6. The molecule has 3 aliphatic rings. The summed E-state index contributed by atoms with van der Waals surface area (Å²) in [5.41, 5.74) is -0.192. The van der Waals surface area contributed by atoms with Gasteiger partial charge in [0.1, 0.15) is 22.0 Å². The van der Waals surface area contributed by atoms with E-state index in [1.807, 2.05) is 0 Å². The molecule has 2 fully saturated rings. The molecule has 1 amide bonds. The van der Waals surface area contributed by atoms with Crippen molar-refractivity contribution in [3.8, 4) is 5.75 Å². The molecular weight excluding hydrogens is 474 g/mol. The molecule has 1 spiro atoms. The Morgan fingerprint density at radius 3 is 2.67 bits per heavy atom. The van der Waals surface area contributed by atoms with Gasteiger partial charge in [-0.25, -0.2) is 8.42 Å². The molecule has 8 nitrogen and oxygen atoms in total. The van der Waals surface area contributed by atoms with E-state index in [-0.39, 0.29) is 16.8 Å². The highest BCUT2D eigenvalue weighted by molar-refractivity contribution is 9.10. The van der Waals surface area contributed by atoms with Gasteiger partial charge in [0, 0.05) is 42.9 Å². The van der Waals surface area contributed by atoms with Crippen molar-refractivity contribution in [2.24, 2.45) is 5.16 Å². The van der Waals surface area contributed by atoms with E-state index >= 15 is 0 Å². The fourth-order valence-electron chi connectivity index (χ4n) is 4.38. The SMILES string of the molecule is COc1ccc(Br)cc1S(=O)(=O)N1CCC2(CC1)CC(C(=O)NC1CCCC1)=NO2. The molecule has 1 N–H and O–H groups in total. The first-order valence-corrected chi connectivity index (χ1v) is 12.5. The van der Waals surface area contributed by atoms with Gasteiger partial charge in [0.05, 0.1) is 7.11 Å². The Morgan fingerprint density at radius 2 is 2.00 bits per heavy atom. The summed E-state index contributed by atoms with van der Waals surface area (Å²) in [6.45, 7) is 0.593. The normalized spacial score (nSPS) is 22.0. The Hall–Kier alpha value is -1.65. The number of rotatable bonds is 5. The zero-order valence-electron chi connectivity index (χ0n) is 16.9. The van der Waals surface area contributed by atoms with E-state index in [4.69, 9.17) is 9.57 Å². The van der Waals surface area contributed by atoms with Crippen molar-refractivity contribution in [1.82, 2.24) is 9.62 Å². The van der Waals surface area contributed by atoms with Gasteiger partial charge >= 0.3 is 0 Å². The number of piperidine rings is 1. The number of methoxy groups -OCH3 is 1. The summed E-state index contributed by atoms with van der Waals surface area (Å²) in [5.74, 6) is 0.150. The zero-order chi connectivity index (χ0) is 21.4. The third-order valence-corrected chi connectivity index (χ3v) is 8.58. The van der Waals surface area contributed by atoms with Gasteiger partial charge in [0.2, 0.25) is 10.0 Å². The summed E-state index contributed by atoms with van der Waals surface area (Å²) in [6.07, 6.45) is 5.68. The Bertz CT molecular complexity index is 951. The Labute approximate surface area is 185 Å². The molecule has 10 heteroatoms. The van der Waals surface area contributed by atoms with E-state index in [2.05, 4.69) is 26.4 Å². The van der Waals surface area contributed by atoms with Crippen LogP contribution in [0, 0.1) is 0 Å². The summed E-state index contributed by atoms with van der Waals surface area (Å²) in [4.78, 5) is 18.3. The molecule has 0 radical (unpaired) electrons. The van der Waals surface area contributed by atoms with Crippen LogP contribution >= 0.6 is 15.9 Å². The van der Waals surface area contributed by atoms with Crippen LogP contribution in [0.4, 0.5) is 0 Å². The predicted octanol–water partition coefficient (Wildman–Crippen LogP) is 2.82. The lowest BCUT2D eigenvalue weighted by atomic mass is 9.87. The molecule has 1 aromatic carbocycles. The number of carbonyl (C=O) groups is 1. The molecule has 0 unspecified atom stereocenters. The summed E-state index contributed by atoms with van der Waals surface area (Å²) < 4.78 is 33.7. The molecule has 2 heterocycles. The third-order valence-electron chi connectivity index (χ3n) is 6.17. The number of carbonyl (C=O) groups excluding carboxylic acids is 1. The van der Waals surface area contributed by atoms with Crippen LogP contribution in [0.25, 0.3) is 0 Å². The average Bonchev–Trinajstić information content (AvgIpc) is 3.39. The van der Waals surface area contributed by atoms with Crippen LogP contribution < -0.4 is 10.1 Å². The number of ether oxygens (including phenoxy) is 1. The molecular formula is C20H26BrN3O5S. The molecule has 164 valence electrons. The Kier molecular flexibility index (Phi) is 6.09. The first-order valence-electron chi connectivity index (χ1n) is 10.2. The predicted molar refractivity (Wildman–Crippen MR) is 115 cm³/mol. The van der Waals surface area contributed by atoms with Crippen LogP contribution in [0.5, 0.6) is 5.75 Å². The standard InChI is InChI=1S/C20H26BrN3O5S/c1-28-17-7-6-14(21)12-18(17)30(26,27)24-10-8-20(9-11-24)13-16(23-29-20)19(25)22-15-4-2-3-5-15/h6-7,12,15H,2-5,8-11,13H2,1H3,(H,22,25). The van der Waals surface area contributed by atoms with E-state index in [1.165, 1.54) is 11.4 Å². The monoisotopic (exact) mass is 499 g/mol. The maximum atomic E-state index is 13.2. The van der Waals surface area contributed by atoms with Crippen LogP contribution in [0.1, 0.15) is 44.9 Å². The van der Waals surface area contributed by atoms with Gasteiger partial charge in [0.15, 0.2) is 0 Å². The van der Waals surface area contributed by atoms with Crippen molar-refractivity contribution in [2.75, 3.05) is 20.2 Å². The Morgan fingerprint density at radius 1 is 1.30 bits per heavy atom. The van der Waals surface area contributed by atoms with Crippen molar-refractivity contribution in [2.45, 2.75) is 61.5 Å². The third kappa shape index (κ3) is 4.22. The second-order valence-electron chi connectivity index (χ2n) is 8.14.